The predicted octanol–water partition coefficient (Wildman–Crippen LogP) is 10.00. The number of carboxylic acid groups (broad SMARTS) is 1. The number of likely N-dealkylation sites (N-methyl/N-ethyl adjacent to an activating group) is 2. The minimum Gasteiger partial charge on any atom is -0.508 e. The van der Waals surface area contributed by atoms with Crippen molar-refractivity contribution in [2.45, 2.75) is 78.3 Å². The molecular formula is C75H83FN18O11. The van der Waals surface area contributed by atoms with Gasteiger partial charge in [-0.3, -0.25) is 39.6 Å². The number of nitrogens with zero attached hydrogens (tertiary/aromatic N) is 7. The lowest BCUT2D eigenvalue weighted by atomic mass is 9.98. The number of rotatable bonds is 20. The molecule has 546 valence electrons. The first kappa shape index (κ1) is 74.4. The van der Waals surface area contributed by atoms with Crippen LogP contribution in [0.2, 0.25) is 0 Å². The van der Waals surface area contributed by atoms with Gasteiger partial charge in [0, 0.05) is 97.5 Å². The van der Waals surface area contributed by atoms with E-state index in [1.54, 1.807) is 85.0 Å². The van der Waals surface area contributed by atoms with Crippen LogP contribution in [0, 0.1) is 10.8 Å². The molecule has 0 aliphatic carbocycles. The van der Waals surface area contributed by atoms with Crippen LogP contribution in [0.25, 0.3) is 43.9 Å². The van der Waals surface area contributed by atoms with Crippen LogP contribution in [0.5, 0.6) is 23.0 Å². The van der Waals surface area contributed by atoms with Gasteiger partial charge in [0.25, 0.3) is 17.0 Å². The van der Waals surface area contributed by atoms with E-state index in [1.165, 1.54) is 18.2 Å². The molecule has 6 aromatic heterocycles. The molecule has 0 spiro atoms. The van der Waals surface area contributed by atoms with Gasteiger partial charge in [-0.2, -0.15) is 9.97 Å². The van der Waals surface area contributed by atoms with Gasteiger partial charge in [-0.05, 0) is 163 Å². The summed E-state index contributed by atoms with van der Waals surface area (Å²) in [5.74, 6) is -2.46. The normalized spacial score (nSPS) is 11.2. The third kappa shape index (κ3) is 17.2. The van der Waals surface area contributed by atoms with Crippen LogP contribution in [0.3, 0.4) is 0 Å². The Labute approximate surface area is 601 Å². The van der Waals surface area contributed by atoms with Crippen LogP contribution in [0.4, 0.5) is 37.3 Å². The minimum atomic E-state index is -1.00. The second-order valence-electron chi connectivity index (χ2n) is 25.2. The van der Waals surface area contributed by atoms with Crippen molar-refractivity contribution in [1.29, 1.82) is 10.8 Å². The number of amidine groups is 2. The lowest BCUT2D eigenvalue weighted by Crippen LogP contribution is -2.41. The van der Waals surface area contributed by atoms with E-state index in [1.807, 2.05) is 88.1 Å². The Kier molecular flexibility index (Phi) is 23.4. The monoisotopic (exact) mass is 1430 g/mol. The number of alkyl halides is 1. The van der Waals surface area contributed by atoms with Gasteiger partial charge in [-0.25, -0.2) is 24.2 Å². The molecule has 0 radical (unpaired) electrons. The van der Waals surface area contributed by atoms with Crippen molar-refractivity contribution in [3.05, 3.63) is 222 Å². The average Bonchev–Trinajstić information content (AvgIpc) is 1.74. The fourth-order valence-electron chi connectivity index (χ4n) is 12.1. The zero-order valence-corrected chi connectivity index (χ0v) is 58.4. The van der Waals surface area contributed by atoms with Crippen LogP contribution in [-0.2, 0) is 38.8 Å². The fourth-order valence-corrected chi connectivity index (χ4v) is 12.1. The van der Waals surface area contributed by atoms with Gasteiger partial charge in [-0.1, -0.05) is 52.0 Å². The number of nitrogen functional groups attached to an aromatic ring is 2. The first-order chi connectivity index (χ1) is 50.5. The van der Waals surface area contributed by atoms with Crippen molar-refractivity contribution in [3.8, 4) is 23.0 Å². The van der Waals surface area contributed by atoms with Crippen LogP contribution >= 0.6 is 0 Å². The number of aromatic carboxylic acids is 1. The van der Waals surface area contributed by atoms with Crippen LogP contribution in [0.15, 0.2) is 156 Å². The van der Waals surface area contributed by atoms with Gasteiger partial charge in [0.2, 0.25) is 11.9 Å². The summed E-state index contributed by atoms with van der Waals surface area (Å²) in [5, 5.41) is 73.2. The molecule has 0 saturated heterocycles. The number of carbonyl (C=O) groups is 4. The SMILES string of the molecule is CC(C)c1cc(C(=N)N(C(N)=O)c2ccc3c(ccn3CCN(C)C(=O)c3ccc(CCc4c[nH]c5nc(N)[nH]c(=O)c45)cc3)c2)c(O)cc1O.CNCCn1ccc2cc(N(C(=N)c3cc(C(C)C)c(O)cc3O)C(N)=O)ccc21.Nc1nc2[nH]cc(CCc3ccc(C(=O)O)cc3)c2c(=O)[nH]1.[2H]CF. The Morgan fingerprint density at radius 1 is 0.600 bits per heavy atom. The summed E-state index contributed by atoms with van der Waals surface area (Å²) in [6.07, 6.45) is 9.97. The Bertz CT molecular complexity index is 5370. The highest BCUT2D eigenvalue weighted by atomic mass is 19.1. The highest BCUT2D eigenvalue weighted by Crippen LogP contribution is 2.37. The Hall–Kier alpha value is -13.3. The number of aromatic amines is 4. The standard InChI is InChI=1S/C37H39N9O5.C22H27N5O3.C15H14N4O3.CH3F/c1-20(2)26-17-27(30(48)18-29(26)47)32(38)46(37(40)51)25-10-11-28-23(16-25)12-13-45(28)15-14-44(3)35(50)22-7-4-21(5-8-22)6-9-24-19-41-33-31(24)34(49)43-36(39)42-33;1-13(2)16-11-17(20(29)12-19(16)28)21(23)27(22(24)30)15-4-5-18-14(10-15)6-8-26(18)9-7-25-3;16-15-18-12-11(13(20)19-15)10(7-17-12)6-3-8-1-4-9(5-2-8)14(21)22;1-2/h4-5,7-8,10-13,16-20,38,47-48H,6,9,14-15H2,1-3H3,(H2,40,51)(H4,39,41,42,43,49);4-6,8,10-13,23,25,28-29H,7,9H2,1-3H3,(H2,24,30);1-2,4-5,7H,3,6H2,(H,21,22)(H4,16,17,18,19,20);1H3/i;;;1D. The number of carboxylic acids is 1. The number of halogens is 1. The number of phenols is 4. The number of benzene rings is 6. The van der Waals surface area contributed by atoms with Gasteiger partial charge >= 0.3 is 18.0 Å². The van der Waals surface area contributed by atoms with E-state index in [0.717, 1.165) is 73.0 Å². The molecule has 0 unspecified atom stereocenters. The molecule has 30 heteroatoms. The zero-order valence-electron chi connectivity index (χ0n) is 59.4. The summed E-state index contributed by atoms with van der Waals surface area (Å²) < 4.78 is 19.6. The van der Waals surface area contributed by atoms with Crippen molar-refractivity contribution >= 4 is 103 Å². The number of urea groups is 2. The Morgan fingerprint density at radius 2 is 1.01 bits per heavy atom. The van der Waals surface area contributed by atoms with E-state index in [2.05, 4.69) is 39.8 Å². The molecule has 0 bridgehead atoms. The molecule has 0 atom stereocenters. The van der Waals surface area contributed by atoms with Crippen molar-refractivity contribution in [2.75, 3.05) is 55.6 Å². The topological polar surface area (TPSA) is 476 Å². The summed E-state index contributed by atoms with van der Waals surface area (Å²) in [6.45, 7) is 10.1. The van der Waals surface area contributed by atoms with Crippen molar-refractivity contribution in [2.24, 2.45) is 11.5 Å². The van der Waals surface area contributed by atoms with Crippen molar-refractivity contribution in [3.63, 3.8) is 0 Å². The molecule has 6 aromatic carbocycles. The summed E-state index contributed by atoms with van der Waals surface area (Å²) in [6, 6.07) is 32.1. The summed E-state index contributed by atoms with van der Waals surface area (Å²) in [7, 11) is 2.64. The Morgan fingerprint density at radius 3 is 1.40 bits per heavy atom. The van der Waals surface area contributed by atoms with Crippen molar-refractivity contribution < 1.29 is 50.5 Å². The molecule has 6 heterocycles. The maximum absolute atomic E-state index is 13.3. The number of nitrogens with two attached hydrogens (primary N) is 4. The number of phenolic OH excluding ortho intramolecular Hbond substituents is 4. The predicted molar refractivity (Wildman–Crippen MR) is 404 cm³/mol. The van der Waals surface area contributed by atoms with Crippen molar-refractivity contribution in [1.82, 2.24) is 49.3 Å². The highest BCUT2D eigenvalue weighted by molar-refractivity contribution is 6.24. The van der Waals surface area contributed by atoms with E-state index in [4.69, 9.17) is 40.2 Å². The van der Waals surface area contributed by atoms with E-state index in [9.17, 15) is 53.6 Å². The van der Waals surface area contributed by atoms with Crippen LogP contribution < -0.4 is 49.2 Å². The molecular weight excluding hydrogens is 1350 g/mol. The van der Waals surface area contributed by atoms with E-state index < -0.39 is 25.2 Å². The van der Waals surface area contributed by atoms with Crippen LogP contribution in [0.1, 0.15) is 106 Å². The molecule has 12 aromatic rings. The zero-order chi connectivity index (χ0) is 77.0. The van der Waals surface area contributed by atoms with Gasteiger partial charge in [0.1, 0.15) is 46.0 Å². The summed E-state index contributed by atoms with van der Waals surface area (Å²) >= 11 is 0. The largest absolute Gasteiger partial charge is 0.508 e. The van der Waals surface area contributed by atoms with Crippen LogP contribution in [-0.4, -0.2) is 139 Å². The first-order valence-electron chi connectivity index (χ1n) is 33.8. The number of carbonyl (C=O) groups excluding carboxylic acids is 3. The molecule has 0 fully saturated rings. The third-order valence-electron chi connectivity index (χ3n) is 17.6. The number of H-pyrrole nitrogens is 4. The highest BCUT2D eigenvalue weighted by Gasteiger charge is 2.27. The fraction of sp³-hybridized carbons (Fsp3) is 0.227. The maximum atomic E-state index is 13.3. The quantitative estimate of drug-likeness (QED) is 0.0249. The Balaban J connectivity index is 0.000000199. The number of hydrogen-bond acceptors (Lipinski definition) is 17. The molecule has 0 aliphatic rings. The number of aromatic hydroxyl groups is 4. The van der Waals surface area contributed by atoms with E-state index >= 15 is 0 Å². The van der Waals surface area contributed by atoms with E-state index in [0.29, 0.717) is 88.9 Å². The number of aromatic nitrogens is 8. The van der Waals surface area contributed by atoms with E-state index in [-0.39, 0.29) is 92.1 Å². The smallest absolute Gasteiger partial charge is 0.335 e. The summed E-state index contributed by atoms with van der Waals surface area (Å²) in [5.41, 5.74) is 31.2. The minimum absolute atomic E-state index is 0.0343. The van der Waals surface area contributed by atoms with Gasteiger partial charge in [0.05, 0.1) is 47.4 Å². The summed E-state index contributed by atoms with van der Waals surface area (Å²) in [4.78, 5) is 96.1. The molecule has 105 heavy (non-hydrogen) atoms. The molecule has 0 aliphatic heterocycles. The molecule has 12 rings (SSSR count). The second-order valence-corrected chi connectivity index (χ2v) is 25.2. The second kappa shape index (κ2) is 33.0. The number of nitrogens with one attached hydrogen (secondary N) is 7. The molecule has 0 saturated carbocycles. The van der Waals surface area contributed by atoms with Gasteiger partial charge < -0.3 is 77.8 Å². The lowest BCUT2D eigenvalue weighted by Gasteiger charge is -2.23. The molecule has 5 amide bonds. The average molecular weight is 1430 g/mol. The first-order valence-corrected chi connectivity index (χ1v) is 33.1. The number of amides is 5. The molecule has 29 nitrogen and oxygen atoms in total. The number of fused-ring (bicyclic) bond motifs is 4. The molecule has 20 N–H and O–H groups in total. The number of anilines is 4. The number of primary amides is 2. The third-order valence-corrected chi connectivity index (χ3v) is 17.6. The maximum Gasteiger partial charge on any atom is 0.335 e. The number of aryl methyl sites for hydroxylation is 4. The number of hydrogen-bond donors (Lipinski definition) is 16. The van der Waals surface area contributed by atoms with Gasteiger partial charge in [0.15, 0.2) is 0 Å². The lowest BCUT2D eigenvalue weighted by molar-refractivity contribution is 0.0695. The van der Waals surface area contributed by atoms with Gasteiger partial charge in [-0.15, -0.1) is 0 Å².